The maximum atomic E-state index is 11.8. The van der Waals surface area contributed by atoms with E-state index >= 15 is 0 Å². The van der Waals surface area contributed by atoms with Crippen LogP contribution in [0.3, 0.4) is 0 Å². The fraction of sp³-hybridized carbons (Fsp3) is 0.143. The number of benzene rings is 1. The average molecular weight is 337 g/mol. The summed E-state index contributed by atoms with van der Waals surface area (Å²) in [4.78, 5) is 19.8. The summed E-state index contributed by atoms with van der Waals surface area (Å²) >= 11 is 12.3. The number of hydrogen-bond acceptors (Lipinski definition) is 5. The van der Waals surface area contributed by atoms with Gasteiger partial charge in [0.05, 0.1) is 24.5 Å². The van der Waals surface area contributed by atoms with Crippen molar-refractivity contribution in [2.24, 2.45) is 0 Å². The number of methoxy groups -OCH3 is 1. The number of aromatic nitrogens is 4. The van der Waals surface area contributed by atoms with Crippen LogP contribution in [-0.2, 0) is 4.74 Å². The molecule has 22 heavy (non-hydrogen) atoms. The number of carbonyl (C=O) groups is 1. The molecule has 0 spiro atoms. The van der Waals surface area contributed by atoms with Gasteiger partial charge in [-0.2, -0.15) is 5.10 Å². The molecule has 1 N–H and O–H groups in total. The van der Waals surface area contributed by atoms with Crippen molar-refractivity contribution in [2.45, 2.75) is 6.92 Å². The molecule has 0 fully saturated rings. The molecule has 112 valence electrons. The van der Waals surface area contributed by atoms with Crippen LogP contribution in [0.5, 0.6) is 0 Å². The van der Waals surface area contributed by atoms with Gasteiger partial charge in [-0.3, -0.25) is 5.10 Å². The fourth-order valence-electron chi connectivity index (χ4n) is 2.26. The van der Waals surface area contributed by atoms with Crippen molar-refractivity contribution in [3.8, 4) is 11.3 Å². The molecule has 6 nitrogen and oxygen atoms in total. The maximum Gasteiger partial charge on any atom is 0.358 e. The Morgan fingerprint density at radius 3 is 2.77 bits per heavy atom. The molecule has 0 atom stereocenters. The number of fused-ring (bicyclic) bond motifs is 1. The summed E-state index contributed by atoms with van der Waals surface area (Å²) in [5.41, 5.74) is 2.78. The first kappa shape index (κ1) is 14.7. The lowest BCUT2D eigenvalue weighted by Crippen LogP contribution is -2.08. The van der Waals surface area contributed by atoms with Crippen LogP contribution in [0.4, 0.5) is 0 Å². The average Bonchev–Trinajstić information content (AvgIpc) is 2.97. The minimum Gasteiger partial charge on any atom is -0.464 e. The number of aryl methyl sites for hydroxylation is 1. The number of aromatic amines is 1. The van der Waals surface area contributed by atoms with E-state index in [-0.39, 0.29) is 16.0 Å². The van der Waals surface area contributed by atoms with Crippen molar-refractivity contribution in [3.05, 3.63) is 39.9 Å². The highest BCUT2D eigenvalue weighted by molar-refractivity contribution is 6.36. The molecule has 0 radical (unpaired) electrons. The molecular weight excluding hydrogens is 327 g/mol. The zero-order chi connectivity index (χ0) is 15.9. The second kappa shape index (κ2) is 5.55. The number of nitrogens with one attached hydrogen (secondary N) is 1. The first-order valence-corrected chi connectivity index (χ1v) is 7.03. The quantitative estimate of drug-likeness (QED) is 0.572. The minimum absolute atomic E-state index is 0.0703. The van der Waals surface area contributed by atoms with E-state index in [0.29, 0.717) is 5.69 Å². The topological polar surface area (TPSA) is 80.8 Å². The Hall–Kier alpha value is -2.18. The number of H-pyrrole nitrogens is 1. The molecular formula is C14H10Cl2N4O2. The van der Waals surface area contributed by atoms with Crippen LogP contribution in [0, 0.1) is 6.92 Å². The highest BCUT2D eigenvalue weighted by atomic mass is 35.5. The van der Waals surface area contributed by atoms with Crippen molar-refractivity contribution in [1.29, 1.82) is 0 Å². The van der Waals surface area contributed by atoms with E-state index in [1.807, 2.05) is 19.1 Å². The molecule has 2 aromatic heterocycles. The van der Waals surface area contributed by atoms with Crippen molar-refractivity contribution < 1.29 is 9.53 Å². The van der Waals surface area contributed by atoms with E-state index in [1.165, 1.54) is 7.11 Å². The Morgan fingerprint density at radius 2 is 2.05 bits per heavy atom. The van der Waals surface area contributed by atoms with Gasteiger partial charge in [0.15, 0.2) is 5.69 Å². The normalized spacial score (nSPS) is 10.9. The van der Waals surface area contributed by atoms with Crippen LogP contribution in [0.2, 0.25) is 10.3 Å². The zero-order valence-corrected chi connectivity index (χ0v) is 13.2. The van der Waals surface area contributed by atoms with E-state index in [2.05, 4.69) is 24.9 Å². The first-order valence-electron chi connectivity index (χ1n) is 6.27. The molecule has 8 heteroatoms. The number of halogens is 2. The van der Waals surface area contributed by atoms with Crippen molar-refractivity contribution >= 4 is 40.1 Å². The lowest BCUT2D eigenvalue weighted by atomic mass is 10.0. The molecule has 0 saturated carbocycles. The Kier molecular flexibility index (Phi) is 3.72. The third-order valence-corrected chi connectivity index (χ3v) is 3.80. The van der Waals surface area contributed by atoms with Gasteiger partial charge in [0.2, 0.25) is 5.28 Å². The summed E-state index contributed by atoms with van der Waals surface area (Å²) in [6.07, 6.45) is 1.67. The first-order chi connectivity index (χ1) is 10.5. The highest BCUT2D eigenvalue weighted by Crippen LogP contribution is 2.36. The predicted molar refractivity (Wildman–Crippen MR) is 83.2 cm³/mol. The van der Waals surface area contributed by atoms with Gasteiger partial charge in [-0.15, -0.1) is 0 Å². The lowest BCUT2D eigenvalue weighted by molar-refractivity contribution is 0.0594. The van der Waals surface area contributed by atoms with E-state index in [0.717, 1.165) is 22.0 Å². The van der Waals surface area contributed by atoms with Gasteiger partial charge in [-0.25, -0.2) is 14.8 Å². The van der Waals surface area contributed by atoms with Gasteiger partial charge in [0, 0.05) is 10.9 Å². The maximum absolute atomic E-state index is 11.8. The third kappa shape index (κ3) is 2.30. The Morgan fingerprint density at radius 1 is 1.27 bits per heavy atom. The summed E-state index contributed by atoms with van der Waals surface area (Å²) in [5.74, 6) is -0.674. The summed E-state index contributed by atoms with van der Waals surface area (Å²) in [7, 11) is 1.25. The zero-order valence-electron chi connectivity index (χ0n) is 11.6. The standard InChI is InChI=1S/C14H10Cl2N4O2/c1-6-3-4-8-7(5-17-20-8)9(6)11-10(15)12(13(21)22-2)19-14(16)18-11/h3-5H,1-2H3,(H,17,20). The largest absolute Gasteiger partial charge is 0.464 e. The Bertz CT molecular complexity index is 892. The molecule has 0 aliphatic rings. The Labute approximate surface area is 135 Å². The molecule has 0 amide bonds. The Balaban J connectivity index is 2.36. The predicted octanol–water partition coefficient (Wildman–Crippen LogP) is 3.42. The van der Waals surface area contributed by atoms with Crippen LogP contribution in [0.25, 0.3) is 22.2 Å². The molecule has 0 bridgehead atoms. The summed E-state index contributed by atoms with van der Waals surface area (Å²) in [5, 5.41) is 7.73. The van der Waals surface area contributed by atoms with Crippen LogP contribution >= 0.6 is 23.2 Å². The molecule has 0 saturated heterocycles. The van der Waals surface area contributed by atoms with Gasteiger partial charge in [0.1, 0.15) is 5.02 Å². The van der Waals surface area contributed by atoms with Gasteiger partial charge in [-0.05, 0) is 30.2 Å². The fourth-order valence-corrected chi connectivity index (χ4v) is 2.68. The number of nitrogens with zero attached hydrogens (tertiary/aromatic N) is 3. The lowest BCUT2D eigenvalue weighted by Gasteiger charge is -2.11. The number of hydrogen-bond donors (Lipinski definition) is 1. The molecule has 3 rings (SSSR count). The second-order valence-corrected chi connectivity index (χ2v) is 5.30. The van der Waals surface area contributed by atoms with Gasteiger partial charge in [-0.1, -0.05) is 17.7 Å². The van der Waals surface area contributed by atoms with E-state index < -0.39 is 5.97 Å². The third-order valence-electron chi connectivity index (χ3n) is 3.27. The summed E-state index contributed by atoms with van der Waals surface area (Å²) < 4.78 is 4.67. The molecule has 1 aromatic carbocycles. The van der Waals surface area contributed by atoms with Crippen LogP contribution in [-0.4, -0.2) is 33.2 Å². The molecule has 0 unspecified atom stereocenters. The SMILES string of the molecule is COC(=O)c1nc(Cl)nc(-c2c(C)ccc3[nH]ncc23)c1Cl. The van der Waals surface area contributed by atoms with Crippen LogP contribution in [0.15, 0.2) is 18.3 Å². The smallest absolute Gasteiger partial charge is 0.358 e. The molecule has 2 heterocycles. The number of ether oxygens (including phenoxy) is 1. The van der Waals surface area contributed by atoms with E-state index in [9.17, 15) is 4.79 Å². The van der Waals surface area contributed by atoms with E-state index in [1.54, 1.807) is 6.20 Å². The molecule has 0 aliphatic heterocycles. The van der Waals surface area contributed by atoms with Gasteiger partial charge >= 0.3 is 5.97 Å². The van der Waals surface area contributed by atoms with E-state index in [4.69, 9.17) is 23.2 Å². The van der Waals surface area contributed by atoms with Crippen molar-refractivity contribution in [2.75, 3.05) is 7.11 Å². The van der Waals surface area contributed by atoms with Crippen molar-refractivity contribution in [1.82, 2.24) is 20.2 Å². The van der Waals surface area contributed by atoms with Crippen molar-refractivity contribution in [3.63, 3.8) is 0 Å². The summed E-state index contributed by atoms with van der Waals surface area (Å²) in [6, 6.07) is 3.80. The van der Waals surface area contributed by atoms with Crippen LogP contribution in [0.1, 0.15) is 16.1 Å². The summed E-state index contributed by atoms with van der Waals surface area (Å²) in [6.45, 7) is 1.91. The minimum atomic E-state index is -0.674. The second-order valence-electron chi connectivity index (χ2n) is 4.58. The van der Waals surface area contributed by atoms with Gasteiger partial charge in [0.25, 0.3) is 0 Å². The highest BCUT2D eigenvalue weighted by Gasteiger charge is 2.22. The number of esters is 1. The van der Waals surface area contributed by atoms with Crippen LogP contribution < -0.4 is 0 Å². The number of carbonyl (C=O) groups excluding carboxylic acids is 1. The molecule has 0 aliphatic carbocycles. The monoisotopic (exact) mass is 336 g/mol. The number of rotatable bonds is 2. The molecule has 3 aromatic rings. The van der Waals surface area contributed by atoms with Gasteiger partial charge < -0.3 is 4.74 Å².